The van der Waals surface area contributed by atoms with Gasteiger partial charge in [-0.25, -0.2) is 4.98 Å². The fraction of sp³-hybridized carbons (Fsp3) is 0.273. The van der Waals surface area contributed by atoms with Crippen LogP contribution in [-0.2, 0) is 0 Å². The van der Waals surface area contributed by atoms with Crippen molar-refractivity contribution in [3.05, 3.63) is 66.2 Å². The molecular weight excluding hydrogens is 334 g/mol. The Balaban J connectivity index is 1.39. The van der Waals surface area contributed by atoms with Crippen LogP contribution < -0.4 is 10.2 Å². The maximum Gasteiger partial charge on any atom is 0.227 e. The number of benzene rings is 2. The summed E-state index contributed by atoms with van der Waals surface area (Å²) in [6.45, 7) is 4.90. The molecule has 0 radical (unpaired) electrons. The summed E-state index contributed by atoms with van der Waals surface area (Å²) in [4.78, 5) is 14.3. The highest BCUT2D eigenvalue weighted by atomic mass is 15.3. The molecule has 0 spiro atoms. The summed E-state index contributed by atoms with van der Waals surface area (Å²) in [7, 11) is 1.91. The van der Waals surface area contributed by atoms with E-state index in [1.165, 1.54) is 5.56 Å². The Morgan fingerprint density at radius 3 is 2.44 bits per heavy atom. The van der Waals surface area contributed by atoms with Gasteiger partial charge in [0.1, 0.15) is 5.82 Å². The largest absolute Gasteiger partial charge is 0.372 e. The summed E-state index contributed by atoms with van der Waals surface area (Å²) < 4.78 is 0. The van der Waals surface area contributed by atoms with Crippen LogP contribution in [0.3, 0.4) is 0 Å². The van der Waals surface area contributed by atoms with Crippen molar-refractivity contribution in [3.63, 3.8) is 0 Å². The molecule has 1 aliphatic heterocycles. The summed E-state index contributed by atoms with van der Waals surface area (Å²) in [5.74, 6) is 1.71. The van der Waals surface area contributed by atoms with Crippen molar-refractivity contribution in [2.24, 2.45) is 0 Å². The van der Waals surface area contributed by atoms with Crippen molar-refractivity contribution in [2.45, 2.75) is 0 Å². The molecule has 5 nitrogen and oxygen atoms in total. The molecule has 0 unspecified atom stereocenters. The van der Waals surface area contributed by atoms with Crippen LogP contribution in [0.1, 0.15) is 5.56 Å². The van der Waals surface area contributed by atoms with E-state index in [0.717, 1.165) is 55.4 Å². The standard InChI is InChI=1S/C22H25N5/c1-23-21-19-11-5-6-12-20(19)24-22(25-21)27-16-14-26(15-17-27)13-7-10-18-8-3-2-4-9-18/h2-12H,13-17H2,1H3,(H,23,24,25). The second-order valence-electron chi connectivity index (χ2n) is 6.74. The maximum atomic E-state index is 4.78. The minimum absolute atomic E-state index is 0.817. The lowest BCUT2D eigenvalue weighted by molar-refractivity contribution is 0.283. The van der Waals surface area contributed by atoms with Crippen molar-refractivity contribution in [1.29, 1.82) is 0 Å². The minimum Gasteiger partial charge on any atom is -0.372 e. The van der Waals surface area contributed by atoms with E-state index in [-0.39, 0.29) is 0 Å². The van der Waals surface area contributed by atoms with Gasteiger partial charge in [-0.15, -0.1) is 0 Å². The molecule has 0 bridgehead atoms. The predicted octanol–water partition coefficient (Wildman–Crippen LogP) is 3.51. The topological polar surface area (TPSA) is 44.3 Å². The number of para-hydroxylation sites is 1. The van der Waals surface area contributed by atoms with E-state index in [1.807, 2.05) is 31.3 Å². The van der Waals surface area contributed by atoms with Crippen LogP contribution in [0.25, 0.3) is 17.0 Å². The van der Waals surface area contributed by atoms with Crippen molar-refractivity contribution < 1.29 is 0 Å². The van der Waals surface area contributed by atoms with Gasteiger partial charge < -0.3 is 10.2 Å². The Labute approximate surface area is 160 Å². The summed E-state index contributed by atoms with van der Waals surface area (Å²) in [5.41, 5.74) is 2.24. The van der Waals surface area contributed by atoms with Crippen LogP contribution in [0, 0.1) is 0 Å². The van der Waals surface area contributed by atoms with E-state index in [4.69, 9.17) is 9.97 Å². The zero-order chi connectivity index (χ0) is 18.5. The molecule has 0 saturated carbocycles. The molecule has 1 aliphatic rings. The van der Waals surface area contributed by atoms with Gasteiger partial charge in [-0.3, -0.25) is 4.90 Å². The Kier molecular flexibility index (Phi) is 5.30. The van der Waals surface area contributed by atoms with Gasteiger partial charge in [0, 0.05) is 45.2 Å². The van der Waals surface area contributed by atoms with Gasteiger partial charge in [0.05, 0.1) is 5.52 Å². The molecular formula is C22H25N5. The van der Waals surface area contributed by atoms with Gasteiger partial charge in [0.15, 0.2) is 0 Å². The molecule has 1 N–H and O–H groups in total. The SMILES string of the molecule is CNc1nc(N2CCN(CC=Cc3ccccc3)CC2)nc2ccccc12. The number of fused-ring (bicyclic) bond motifs is 1. The van der Waals surface area contributed by atoms with Gasteiger partial charge in [0.2, 0.25) is 5.95 Å². The molecule has 1 saturated heterocycles. The third kappa shape index (κ3) is 4.09. The molecule has 2 aromatic carbocycles. The Morgan fingerprint density at radius 1 is 0.926 bits per heavy atom. The van der Waals surface area contributed by atoms with Crippen LogP contribution in [0.4, 0.5) is 11.8 Å². The summed E-state index contributed by atoms with van der Waals surface area (Å²) in [6.07, 6.45) is 4.44. The van der Waals surface area contributed by atoms with Crippen LogP contribution in [-0.4, -0.2) is 54.6 Å². The normalized spacial score (nSPS) is 15.5. The first-order chi connectivity index (χ1) is 13.3. The predicted molar refractivity (Wildman–Crippen MR) is 113 cm³/mol. The number of rotatable bonds is 5. The Hall–Kier alpha value is -2.92. The molecule has 0 atom stereocenters. The summed E-state index contributed by atoms with van der Waals surface area (Å²) >= 11 is 0. The quantitative estimate of drug-likeness (QED) is 0.755. The molecule has 138 valence electrons. The zero-order valence-electron chi connectivity index (χ0n) is 15.7. The number of piperazine rings is 1. The number of nitrogens with zero attached hydrogens (tertiary/aromatic N) is 4. The van der Waals surface area contributed by atoms with Gasteiger partial charge in [-0.05, 0) is 17.7 Å². The number of aromatic nitrogens is 2. The van der Waals surface area contributed by atoms with Crippen LogP contribution in [0.2, 0.25) is 0 Å². The van der Waals surface area contributed by atoms with Crippen molar-refractivity contribution >= 4 is 28.7 Å². The summed E-state index contributed by atoms with van der Waals surface area (Å²) in [5, 5.41) is 4.27. The average Bonchev–Trinajstić information content (AvgIpc) is 2.74. The van der Waals surface area contributed by atoms with Crippen molar-refractivity contribution in [2.75, 3.05) is 50.0 Å². The van der Waals surface area contributed by atoms with E-state index < -0.39 is 0 Å². The third-order valence-corrected chi connectivity index (χ3v) is 4.96. The van der Waals surface area contributed by atoms with E-state index >= 15 is 0 Å². The van der Waals surface area contributed by atoms with Gasteiger partial charge >= 0.3 is 0 Å². The molecule has 27 heavy (non-hydrogen) atoms. The fourth-order valence-electron chi connectivity index (χ4n) is 3.43. The highest BCUT2D eigenvalue weighted by Crippen LogP contribution is 2.23. The third-order valence-electron chi connectivity index (χ3n) is 4.96. The highest BCUT2D eigenvalue weighted by molar-refractivity contribution is 5.89. The number of hydrogen-bond acceptors (Lipinski definition) is 5. The zero-order valence-corrected chi connectivity index (χ0v) is 15.7. The van der Waals surface area contributed by atoms with Crippen LogP contribution >= 0.6 is 0 Å². The lowest BCUT2D eigenvalue weighted by Crippen LogP contribution is -2.47. The minimum atomic E-state index is 0.817. The monoisotopic (exact) mass is 359 g/mol. The van der Waals surface area contributed by atoms with Gasteiger partial charge in [0.25, 0.3) is 0 Å². The van der Waals surface area contributed by atoms with Crippen LogP contribution in [0.15, 0.2) is 60.7 Å². The number of nitrogens with one attached hydrogen (secondary N) is 1. The molecule has 3 aromatic rings. The fourth-order valence-corrected chi connectivity index (χ4v) is 3.43. The molecule has 2 heterocycles. The van der Waals surface area contributed by atoms with Crippen molar-refractivity contribution in [3.8, 4) is 0 Å². The Morgan fingerprint density at radius 2 is 1.67 bits per heavy atom. The second kappa shape index (κ2) is 8.18. The molecule has 1 fully saturated rings. The number of anilines is 2. The molecule has 5 heteroatoms. The van der Waals surface area contributed by atoms with Gasteiger partial charge in [-0.2, -0.15) is 4.98 Å². The molecule has 0 aliphatic carbocycles. The first kappa shape index (κ1) is 17.5. The highest BCUT2D eigenvalue weighted by Gasteiger charge is 2.19. The first-order valence-corrected chi connectivity index (χ1v) is 9.47. The van der Waals surface area contributed by atoms with E-state index in [2.05, 4.69) is 57.6 Å². The number of hydrogen-bond donors (Lipinski definition) is 1. The van der Waals surface area contributed by atoms with E-state index in [1.54, 1.807) is 0 Å². The Bertz CT molecular complexity index is 914. The van der Waals surface area contributed by atoms with Crippen LogP contribution in [0.5, 0.6) is 0 Å². The first-order valence-electron chi connectivity index (χ1n) is 9.47. The van der Waals surface area contributed by atoms with Crippen molar-refractivity contribution in [1.82, 2.24) is 14.9 Å². The lowest BCUT2D eigenvalue weighted by atomic mass is 10.2. The second-order valence-corrected chi connectivity index (χ2v) is 6.74. The van der Waals surface area contributed by atoms with E-state index in [9.17, 15) is 0 Å². The van der Waals surface area contributed by atoms with E-state index in [0.29, 0.717) is 0 Å². The molecule has 4 rings (SSSR count). The molecule has 0 amide bonds. The maximum absolute atomic E-state index is 4.78. The molecule has 1 aromatic heterocycles. The summed E-state index contributed by atoms with van der Waals surface area (Å²) in [6, 6.07) is 18.6. The lowest BCUT2D eigenvalue weighted by Gasteiger charge is -2.34. The smallest absolute Gasteiger partial charge is 0.227 e. The average molecular weight is 359 g/mol. The van der Waals surface area contributed by atoms with Gasteiger partial charge in [-0.1, -0.05) is 54.6 Å².